The van der Waals surface area contributed by atoms with Gasteiger partial charge >= 0.3 is 0 Å². The van der Waals surface area contributed by atoms with E-state index in [1.165, 1.54) is 19.5 Å². The molecule has 0 aromatic heterocycles. The van der Waals surface area contributed by atoms with Crippen LogP contribution in [0.25, 0.3) is 11.1 Å². The van der Waals surface area contributed by atoms with Crippen molar-refractivity contribution in [2.75, 3.05) is 26.2 Å². The van der Waals surface area contributed by atoms with Crippen molar-refractivity contribution in [2.24, 2.45) is 5.92 Å². The van der Waals surface area contributed by atoms with Crippen LogP contribution >= 0.6 is 11.6 Å². The van der Waals surface area contributed by atoms with Crippen LogP contribution < -0.4 is 9.47 Å². The first kappa shape index (κ1) is 23.6. The zero-order valence-electron chi connectivity index (χ0n) is 20.0. The highest BCUT2D eigenvalue weighted by Gasteiger charge is 2.30. The van der Waals surface area contributed by atoms with Crippen molar-refractivity contribution >= 4 is 22.7 Å². The fourth-order valence-corrected chi connectivity index (χ4v) is 5.04. The zero-order valence-corrected chi connectivity index (χ0v) is 20.8. The van der Waals surface area contributed by atoms with Crippen LogP contribution in [0, 0.1) is 5.92 Å². The molecule has 0 aliphatic carbocycles. The Morgan fingerprint density at radius 1 is 1.06 bits per heavy atom. The molecule has 2 heterocycles. The van der Waals surface area contributed by atoms with Crippen LogP contribution in [0.15, 0.2) is 60.7 Å². The molecule has 0 radical (unpaired) electrons. The van der Waals surface area contributed by atoms with Gasteiger partial charge in [-0.1, -0.05) is 49.2 Å². The van der Waals surface area contributed by atoms with E-state index in [4.69, 9.17) is 21.1 Å². The second-order valence-electron chi connectivity index (χ2n) is 9.34. The Balaban J connectivity index is 1.40. The summed E-state index contributed by atoms with van der Waals surface area (Å²) in [5.74, 6) is 2.46. The molecule has 1 saturated heterocycles. The second-order valence-corrected chi connectivity index (χ2v) is 9.75. The summed E-state index contributed by atoms with van der Waals surface area (Å²) in [5.41, 5.74) is 4.46. The number of phenolic OH excluding ortho intramolecular Hbond substituents is 2. The van der Waals surface area contributed by atoms with Crippen molar-refractivity contribution in [1.29, 1.82) is 0 Å². The monoisotopic (exact) mass is 491 g/mol. The van der Waals surface area contributed by atoms with Crippen molar-refractivity contribution in [3.05, 3.63) is 82.4 Å². The van der Waals surface area contributed by atoms with E-state index < -0.39 is 6.10 Å². The molecule has 182 valence electrons. The summed E-state index contributed by atoms with van der Waals surface area (Å²) >= 11 is 6.18. The van der Waals surface area contributed by atoms with Gasteiger partial charge in [0.15, 0.2) is 0 Å². The molecule has 1 fully saturated rings. The third kappa shape index (κ3) is 4.84. The first-order valence-corrected chi connectivity index (χ1v) is 12.5. The SMILES string of the molecule is CCC1CN(CCOc2ccc([C@@H]3Oc4cc(Cl)c(O)cc4C(C)=C3c3cccc(O)c3)cc2)C1. The highest BCUT2D eigenvalue weighted by Crippen LogP contribution is 2.49. The Bertz CT molecular complexity index is 1250. The number of phenols is 2. The summed E-state index contributed by atoms with van der Waals surface area (Å²) in [7, 11) is 0. The fourth-order valence-electron chi connectivity index (χ4n) is 4.89. The summed E-state index contributed by atoms with van der Waals surface area (Å²) in [4.78, 5) is 2.42. The maximum absolute atomic E-state index is 10.2. The van der Waals surface area contributed by atoms with Crippen molar-refractivity contribution in [1.82, 2.24) is 4.90 Å². The number of nitrogens with zero attached hydrogens (tertiary/aromatic N) is 1. The van der Waals surface area contributed by atoms with Crippen LogP contribution in [0.2, 0.25) is 5.02 Å². The minimum absolute atomic E-state index is 0.00650. The standard InChI is InChI=1S/C29H30ClNO4/c1-3-19-16-31(17-19)11-12-34-23-9-7-20(8-10-23)29-28(21-5-4-6-22(32)13-21)18(2)24-14-26(33)25(30)15-27(24)35-29/h4-10,13-15,19,29,32-33H,3,11-12,16-17H2,1-2H3/t29-/m0/s1. The van der Waals surface area contributed by atoms with E-state index in [9.17, 15) is 10.2 Å². The van der Waals surface area contributed by atoms with Gasteiger partial charge in [0.25, 0.3) is 0 Å². The summed E-state index contributed by atoms with van der Waals surface area (Å²) in [6, 6.07) is 18.4. The molecule has 0 saturated carbocycles. The van der Waals surface area contributed by atoms with Gasteiger partial charge in [-0.25, -0.2) is 0 Å². The molecule has 3 aromatic rings. The average molecular weight is 492 g/mol. The van der Waals surface area contributed by atoms with Gasteiger partial charge in [-0.05, 0) is 59.9 Å². The molecule has 5 rings (SSSR count). The fraction of sp³-hybridized carbons (Fsp3) is 0.310. The van der Waals surface area contributed by atoms with Crippen LogP contribution in [0.4, 0.5) is 0 Å². The lowest BCUT2D eigenvalue weighted by Crippen LogP contribution is -2.47. The highest BCUT2D eigenvalue weighted by atomic mass is 35.5. The van der Waals surface area contributed by atoms with Crippen LogP contribution in [-0.4, -0.2) is 41.4 Å². The molecule has 0 bridgehead atoms. The third-order valence-corrected chi connectivity index (χ3v) is 7.29. The summed E-state index contributed by atoms with van der Waals surface area (Å²) in [6.07, 6.45) is 0.837. The van der Waals surface area contributed by atoms with Crippen LogP contribution in [0.3, 0.4) is 0 Å². The Hall–Kier alpha value is -3.15. The predicted octanol–water partition coefficient (Wildman–Crippen LogP) is 6.54. The molecule has 0 unspecified atom stereocenters. The van der Waals surface area contributed by atoms with Crippen molar-refractivity contribution in [2.45, 2.75) is 26.4 Å². The molecule has 5 nitrogen and oxygen atoms in total. The zero-order chi connectivity index (χ0) is 24.5. The quantitative estimate of drug-likeness (QED) is 0.393. The molecule has 6 heteroatoms. The summed E-state index contributed by atoms with van der Waals surface area (Å²) < 4.78 is 12.4. The molecule has 1 atom stereocenters. The maximum Gasteiger partial charge on any atom is 0.150 e. The lowest BCUT2D eigenvalue weighted by atomic mass is 9.86. The number of rotatable bonds is 7. The number of hydrogen-bond acceptors (Lipinski definition) is 5. The lowest BCUT2D eigenvalue weighted by Gasteiger charge is -2.38. The van der Waals surface area contributed by atoms with Crippen LogP contribution in [-0.2, 0) is 0 Å². The van der Waals surface area contributed by atoms with E-state index in [0.717, 1.165) is 46.0 Å². The van der Waals surface area contributed by atoms with E-state index in [1.807, 2.05) is 43.3 Å². The Morgan fingerprint density at radius 3 is 2.54 bits per heavy atom. The molecular formula is C29H30ClNO4. The summed E-state index contributed by atoms with van der Waals surface area (Å²) in [6.45, 7) is 8.19. The van der Waals surface area contributed by atoms with Crippen molar-refractivity contribution < 1.29 is 19.7 Å². The number of allylic oxidation sites excluding steroid dienone is 1. The molecule has 3 aromatic carbocycles. The van der Waals surface area contributed by atoms with E-state index in [1.54, 1.807) is 24.3 Å². The Labute approximate surface area is 211 Å². The number of benzene rings is 3. The van der Waals surface area contributed by atoms with Gasteiger partial charge in [0.05, 0.1) is 5.02 Å². The van der Waals surface area contributed by atoms with Crippen LogP contribution in [0.5, 0.6) is 23.0 Å². The summed E-state index contributed by atoms with van der Waals surface area (Å²) in [5, 5.41) is 20.6. The van der Waals surface area contributed by atoms with Gasteiger partial charge in [-0.15, -0.1) is 0 Å². The Kier molecular flexibility index (Phi) is 6.63. The molecule has 2 aliphatic rings. The van der Waals surface area contributed by atoms with Crippen molar-refractivity contribution in [3.8, 4) is 23.0 Å². The van der Waals surface area contributed by atoms with Gasteiger partial charge in [-0.2, -0.15) is 0 Å². The smallest absolute Gasteiger partial charge is 0.150 e. The normalized spacial score (nSPS) is 18.1. The van der Waals surface area contributed by atoms with Crippen LogP contribution in [0.1, 0.15) is 43.1 Å². The predicted molar refractivity (Wildman–Crippen MR) is 139 cm³/mol. The van der Waals surface area contributed by atoms with E-state index >= 15 is 0 Å². The number of ether oxygens (including phenoxy) is 2. The molecule has 2 N–H and O–H groups in total. The third-order valence-electron chi connectivity index (χ3n) is 6.99. The minimum Gasteiger partial charge on any atom is -0.508 e. The van der Waals surface area contributed by atoms with Gasteiger partial charge in [0, 0.05) is 36.8 Å². The second kappa shape index (κ2) is 9.84. The minimum atomic E-state index is -0.411. The average Bonchev–Trinajstić information content (AvgIpc) is 2.82. The van der Waals surface area contributed by atoms with Gasteiger partial charge < -0.3 is 19.7 Å². The maximum atomic E-state index is 10.2. The van der Waals surface area contributed by atoms with E-state index in [-0.39, 0.29) is 16.5 Å². The topological polar surface area (TPSA) is 62.2 Å². The molecular weight excluding hydrogens is 462 g/mol. The van der Waals surface area contributed by atoms with Gasteiger partial charge in [0.1, 0.15) is 35.7 Å². The highest BCUT2D eigenvalue weighted by molar-refractivity contribution is 6.32. The largest absolute Gasteiger partial charge is 0.508 e. The Morgan fingerprint density at radius 2 is 1.83 bits per heavy atom. The molecule has 0 spiro atoms. The first-order valence-electron chi connectivity index (χ1n) is 12.1. The molecule has 0 amide bonds. The number of aromatic hydroxyl groups is 2. The lowest BCUT2D eigenvalue weighted by molar-refractivity contribution is 0.0806. The van der Waals surface area contributed by atoms with Gasteiger partial charge in [-0.3, -0.25) is 4.90 Å². The number of fused-ring (bicyclic) bond motifs is 1. The van der Waals surface area contributed by atoms with E-state index in [0.29, 0.717) is 12.4 Å². The van der Waals surface area contributed by atoms with Crippen molar-refractivity contribution in [3.63, 3.8) is 0 Å². The molecule has 2 aliphatic heterocycles. The first-order chi connectivity index (χ1) is 16.9. The van der Waals surface area contributed by atoms with Gasteiger partial charge in [0.2, 0.25) is 0 Å². The molecule has 35 heavy (non-hydrogen) atoms. The number of halogens is 1. The number of hydrogen-bond donors (Lipinski definition) is 2. The van der Waals surface area contributed by atoms with E-state index in [2.05, 4.69) is 11.8 Å². The number of likely N-dealkylation sites (tertiary alicyclic amines) is 1.